The van der Waals surface area contributed by atoms with Crippen LogP contribution in [-0.4, -0.2) is 13.7 Å². The molecule has 3 nitrogen and oxygen atoms in total. The molecular formula is C48H29N3. The van der Waals surface area contributed by atoms with Crippen molar-refractivity contribution in [3.8, 4) is 39.3 Å². The molecule has 12 rings (SSSR count). The Hall–Kier alpha value is -6.84. The minimum absolute atomic E-state index is 1.16. The normalized spacial score (nSPS) is 12.3. The second kappa shape index (κ2) is 9.87. The van der Waals surface area contributed by atoms with Crippen LogP contribution >= 0.6 is 0 Å². The number of para-hydroxylation sites is 5. The summed E-state index contributed by atoms with van der Waals surface area (Å²) in [6, 6.07) is 64.9. The third-order valence-electron chi connectivity index (χ3n) is 11.2. The van der Waals surface area contributed by atoms with Gasteiger partial charge in [0.15, 0.2) is 0 Å². The van der Waals surface area contributed by atoms with Gasteiger partial charge in [-0.15, -0.1) is 0 Å². The van der Waals surface area contributed by atoms with E-state index in [-0.39, 0.29) is 0 Å². The van der Waals surface area contributed by atoms with Crippen LogP contribution in [0.2, 0.25) is 0 Å². The van der Waals surface area contributed by atoms with Crippen LogP contribution in [0.3, 0.4) is 0 Å². The van der Waals surface area contributed by atoms with Crippen molar-refractivity contribution in [1.82, 2.24) is 13.7 Å². The van der Waals surface area contributed by atoms with Crippen molar-refractivity contribution in [1.29, 1.82) is 0 Å². The van der Waals surface area contributed by atoms with E-state index in [1.165, 1.54) is 99.0 Å². The van der Waals surface area contributed by atoms with Crippen LogP contribution in [0.1, 0.15) is 0 Å². The first-order valence-corrected chi connectivity index (χ1v) is 17.6. The van der Waals surface area contributed by atoms with Crippen LogP contribution in [0.4, 0.5) is 0 Å². The van der Waals surface area contributed by atoms with E-state index in [0.29, 0.717) is 0 Å². The summed E-state index contributed by atoms with van der Waals surface area (Å²) >= 11 is 0. The topological polar surface area (TPSA) is 14.8 Å². The Morgan fingerprint density at radius 3 is 1.18 bits per heavy atom. The first kappa shape index (κ1) is 27.0. The van der Waals surface area contributed by atoms with Crippen molar-refractivity contribution in [2.75, 3.05) is 0 Å². The zero-order valence-corrected chi connectivity index (χ0v) is 27.6. The lowest BCUT2D eigenvalue weighted by Gasteiger charge is -2.16. The van der Waals surface area contributed by atoms with Crippen LogP contribution in [0.25, 0.3) is 105 Å². The molecule has 4 heterocycles. The van der Waals surface area contributed by atoms with E-state index in [0.717, 1.165) is 5.69 Å². The van der Waals surface area contributed by atoms with E-state index in [1.807, 2.05) is 0 Å². The molecule has 0 spiro atoms. The van der Waals surface area contributed by atoms with E-state index >= 15 is 0 Å². The fourth-order valence-corrected chi connectivity index (χ4v) is 9.10. The maximum atomic E-state index is 2.51. The highest BCUT2D eigenvalue weighted by atomic mass is 15.0. The number of aromatic nitrogens is 3. The summed E-state index contributed by atoms with van der Waals surface area (Å²) in [5.41, 5.74) is 15.8. The molecule has 0 bridgehead atoms. The quantitative estimate of drug-likeness (QED) is 0.177. The minimum Gasteiger partial charge on any atom is -0.309 e. The Balaban J connectivity index is 1.21. The van der Waals surface area contributed by atoms with Crippen LogP contribution in [0.15, 0.2) is 176 Å². The molecule has 3 heteroatoms. The van der Waals surface area contributed by atoms with Gasteiger partial charge in [0.2, 0.25) is 0 Å². The second-order valence-corrected chi connectivity index (χ2v) is 13.7. The van der Waals surface area contributed by atoms with E-state index < -0.39 is 0 Å². The van der Waals surface area contributed by atoms with Gasteiger partial charge in [-0.25, -0.2) is 0 Å². The van der Waals surface area contributed by atoms with Gasteiger partial charge in [0.25, 0.3) is 0 Å². The first-order valence-electron chi connectivity index (χ1n) is 17.6. The molecular weight excluding hydrogens is 619 g/mol. The predicted molar refractivity (Wildman–Crippen MR) is 214 cm³/mol. The van der Waals surface area contributed by atoms with E-state index in [1.54, 1.807) is 0 Å². The summed E-state index contributed by atoms with van der Waals surface area (Å²) in [5, 5.41) is 7.60. The number of fused-ring (bicyclic) bond motifs is 14. The van der Waals surface area contributed by atoms with E-state index in [9.17, 15) is 0 Å². The number of benzene rings is 8. The Kier molecular flexibility index (Phi) is 5.23. The van der Waals surface area contributed by atoms with Gasteiger partial charge in [-0.3, -0.25) is 0 Å². The molecule has 0 atom stereocenters. The van der Waals surface area contributed by atoms with Gasteiger partial charge in [-0.05, 0) is 71.8 Å². The van der Waals surface area contributed by atoms with Gasteiger partial charge in [-0.2, -0.15) is 0 Å². The Bertz CT molecular complexity index is 3150. The van der Waals surface area contributed by atoms with Crippen molar-refractivity contribution >= 4 is 65.4 Å². The van der Waals surface area contributed by atoms with Crippen LogP contribution in [0, 0.1) is 0 Å². The fraction of sp³-hybridized carbons (Fsp3) is 0. The van der Waals surface area contributed by atoms with Gasteiger partial charge in [0, 0.05) is 54.8 Å². The summed E-state index contributed by atoms with van der Waals surface area (Å²) in [5.74, 6) is 0. The molecule has 8 aromatic carbocycles. The molecule has 236 valence electrons. The van der Waals surface area contributed by atoms with Crippen molar-refractivity contribution in [3.05, 3.63) is 176 Å². The Morgan fingerprint density at radius 1 is 0.255 bits per heavy atom. The van der Waals surface area contributed by atoms with Gasteiger partial charge in [0.1, 0.15) is 0 Å². The summed E-state index contributed by atoms with van der Waals surface area (Å²) in [6.45, 7) is 0. The highest BCUT2D eigenvalue weighted by Gasteiger charge is 2.27. The SMILES string of the molecule is c1ccc2c(c1)-c1cc(-n3c4ccccc4c4ccccc43)ccc1-n1c3ccccc3c3cc(-n4c5ccccc5c5ccccc54)cc-2c31. The summed E-state index contributed by atoms with van der Waals surface area (Å²) < 4.78 is 7.39. The zero-order valence-electron chi connectivity index (χ0n) is 27.6. The maximum absolute atomic E-state index is 2.51. The molecule has 11 aromatic rings. The maximum Gasteiger partial charge on any atom is 0.0621 e. The van der Waals surface area contributed by atoms with E-state index in [2.05, 4.69) is 190 Å². The number of rotatable bonds is 2. The monoisotopic (exact) mass is 647 g/mol. The summed E-state index contributed by atoms with van der Waals surface area (Å²) in [6.07, 6.45) is 0. The molecule has 0 aliphatic carbocycles. The van der Waals surface area contributed by atoms with Crippen LogP contribution < -0.4 is 0 Å². The molecule has 0 unspecified atom stereocenters. The van der Waals surface area contributed by atoms with Crippen molar-refractivity contribution in [2.24, 2.45) is 0 Å². The average molecular weight is 648 g/mol. The lowest BCUT2D eigenvalue weighted by Crippen LogP contribution is -1.99. The van der Waals surface area contributed by atoms with Gasteiger partial charge in [0.05, 0.1) is 38.8 Å². The zero-order chi connectivity index (χ0) is 33.2. The third-order valence-corrected chi connectivity index (χ3v) is 11.2. The van der Waals surface area contributed by atoms with Crippen LogP contribution in [0.5, 0.6) is 0 Å². The van der Waals surface area contributed by atoms with Crippen molar-refractivity contribution in [3.63, 3.8) is 0 Å². The fourth-order valence-electron chi connectivity index (χ4n) is 9.10. The molecule has 1 aliphatic heterocycles. The van der Waals surface area contributed by atoms with Crippen LogP contribution in [-0.2, 0) is 0 Å². The molecule has 51 heavy (non-hydrogen) atoms. The highest BCUT2D eigenvalue weighted by Crippen LogP contribution is 2.49. The number of hydrogen-bond donors (Lipinski definition) is 0. The summed E-state index contributed by atoms with van der Waals surface area (Å²) in [7, 11) is 0. The lowest BCUT2D eigenvalue weighted by molar-refractivity contribution is 1.15. The molecule has 3 aromatic heterocycles. The van der Waals surface area contributed by atoms with Gasteiger partial charge < -0.3 is 13.7 Å². The Morgan fingerprint density at radius 2 is 0.647 bits per heavy atom. The average Bonchev–Trinajstić information content (AvgIpc) is 3.80. The van der Waals surface area contributed by atoms with Crippen molar-refractivity contribution < 1.29 is 0 Å². The Labute approximate surface area is 293 Å². The third kappa shape index (κ3) is 3.52. The smallest absolute Gasteiger partial charge is 0.0621 e. The highest BCUT2D eigenvalue weighted by molar-refractivity contribution is 6.18. The largest absolute Gasteiger partial charge is 0.309 e. The summed E-state index contributed by atoms with van der Waals surface area (Å²) in [4.78, 5) is 0. The number of hydrogen-bond acceptors (Lipinski definition) is 0. The first-order chi connectivity index (χ1) is 25.3. The molecule has 0 radical (unpaired) electrons. The standard InChI is InChI=1S/C48H29N3/c1-2-14-33-32(13-1)39-27-30(49-42-20-8-3-15-34(42)35-16-4-9-21-43(35)49)25-26-47(39)51-46-24-12-7-19-38(46)41-29-31(28-40(33)48(41)51)50-44-22-10-5-17-36(44)37-18-6-11-23-45(37)50/h1-29H. The van der Waals surface area contributed by atoms with Crippen molar-refractivity contribution in [2.45, 2.75) is 0 Å². The molecule has 0 saturated carbocycles. The van der Waals surface area contributed by atoms with Gasteiger partial charge >= 0.3 is 0 Å². The van der Waals surface area contributed by atoms with Gasteiger partial charge in [-0.1, -0.05) is 115 Å². The molecule has 0 fully saturated rings. The minimum atomic E-state index is 1.16. The number of nitrogens with zero attached hydrogens (tertiary/aromatic N) is 3. The molecule has 0 amide bonds. The second-order valence-electron chi connectivity index (χ2n) is 13.7. The molecule has 0 N–H and O–H groups in total. The molecule has 0 saturated heterocycles. The predicted octanol–water partition coefficient (Wildman–Crippen LogP) is 12.6. The molecule has 1 aliphatic rings. The van der Waals surface area contributed by atoms with E-state index in [4.69, 9.17) is 0 Å². The lowest BCUT2D eigenvalue weighted by atomic mass is 9.93.